The monoisotopic (exact) mass is 397 g/mol. The Hall–Kier alpha value is -1.83. The number of rotatable bonds is 2. The largest absolute Gasteiger partial charge is 0.490 e. The van der Waals surface area contributed by atoms with Gasteiger partial charge in [0.2, 0.25) is 11.8 Å². The first-order chi connectivity index (χ1) is 12.3. The summed E-state index contributed by atoms with van der Waals surface area (Å²) in [7, 11) is 0. The first kappa shape index (κ1) is 21.5. The second kappa shape index (κ2) is 8.46. The second-order valence-electron chi connectivity index (χ2n) is 7.73. The number of benzene rings is 1. The lowest BCUT2D eigenvalue weighted by Gasteiger charge is -2.34. The molecular weight excluding hydrogens is 370 g/mol. The minimum absolute atomic E-state index is 0. The van der Waals surface area contributed by atoms with Gasteiger partial charge in [0.25, 0.3) is 0 Å². The van der Waals surface area contributed by atoms with Crippen molar-refractivity contribution in [3.63, 3.8) is 0 Å². The molecule has 7 nitrogen and oxygen atoms in total. The quantitative estimate of drug-likeness (QED) is 0.799. The first-order valence-electron chi connectivity index (χ1n) is 9.02. The number of carbonyl (C=O) groups is 2. The summed E-state index contributed by atoms with van der Waals surface area (Å²) in [6.45, 7) is 9.77. The van der Waals surface area contributed by atoms with Gasteiger partial charge in [0, 0.05) is 17.6 Å². The molecule has 0 radical (unpaired) electrons. The van der Waals surface area contributed by atoms with Crippen LogP contribution >= 0.6 is 12.4 Å². The molecule has 1 fully saturated rings. The number of morpholine rings is 1. The maximum atomic E-state index is 12.8. The third-order valence-electron chi connectivity index (χ3n) is 4.58. The Morgan fingerprint density at radius 1 is 1.26 bits per heavy atom. The second-order valence-corrected chi connectivity index (χ2v) is 7.73. The Balaban J connectivity index is 0.00000261. The molecule has 0 saturated carbocycles. The van der Waals surface area contributed by atoms with Crippen molar-refractivity contribution in [2.75, 3.05) is 36.5 Å². The molecule has 150 valence electrons. The average Bonchev–Trinajstić information content (AvgIpc) is 2.60. The summed E-state index contributed by atoms with van der Waals surface area (Å²) in [6, 6.07) is 4.98. The molecule has 8 heteroatoms. The van der Waals surface area contributed by atoms with Gasteiger partial charge in [-0.1, -0.05) is 20.8 Å². The highest BCUT2D eigenvalue weighted by atomic mass is 35.5. The van der Waals surface area contributed by atoms with Crippen LogP contribution < -0.4 is 20.3 Å². The third kappa shape index (κ3) is 4.72. The molecule has 2 atom stereocenters. The number of amides is 2. The molecule has 2 heterocycles. The van der Waals surface area contributed by atoms with E-state index in [4.69, 9.17) is 9.47 Å². The number of nitrogens with zero attached hydrogens (tertiary/aromatic N) is 1. The molecule has 1 aromatic rings. The zero-order chi connectivity index (χ0) is 18.9. The van der Waals surface area contributed by atoms with Gasteiger partial charge in [-0.25, -0.2) is 0 Å². The summed E-state index contributed by atoms with van der Waals surface area (Å²) >= 11 is 0. The van der Waals surface area contributed by atoms with Crippen molar-refractivity contribution in [2.45, 2.75) is 39.8 Å². The predicted molar refractivity (Wildman–Crippen MR) is 107 cm³/mol. The number of nitrogens with one attached hydrogen (secondary N) is 2. The van der Waals surface area contributed by atoms with Crippen LogP contribution in [0.2, 0.25) is 0 Å². The minimum Gasteiger partial charge on any atom is -0.490 e. The van der Waals surface area contributed by atoms with E-state index in [0.717, 1.165) is 0 Å². The van der Waals surface area contributed by atoms with Gasteiger partial charge in [0.05, 0.1) is 24.9 Å². The lowest BCUT2D eigenvalue weighted by molar-refractivity contribution is -0.126. The summed E-state index contributed by atoms with van der Waals surface area (Å²) in [6.07, 6.45) is -0.191. The van der Waals surface area contributed by atoms with E-state index in [1.54, 1.807) is 23.1 Å². The van der Waals surface area contributed by atoms with Crippen LogP contribution in [0.15, 0.2) is 18.2 Å². The summed E-state index contributed by atoms with van der Waals surface area (Å²) in [5, 5.41) is 6.09. The normalized spacial score (nSPS) is 22.1. The highest BCUT2D eigenvalue weighted by Gasteiger charge is 2.32. The molecule has 2 aliphatic heterocycles. The van der Waals surface area contributed by atoms with Crippen molar-refractivity contribution in [1.29, 1.82) is 0 Å². The van der Waals surface area contributed by atoms with Crippen molar-refractivity contribution in [3.05, 3.63) is 18.2 Å². The zero-order valence-corrected chi connectivity index (χ0v) is 17.0. The highest BCUT2D eigenvalue weighted by Crippen LogP contribution is 2.36. The molecule has 0 unspecified atom stereocenters. The Morgan fingerprint density at radius 2 is 2.00 bits per heavy atom. The van der Waals surface area contributed by atoms with E-state index in [1.807, 2.05) is 27.7 Å². The van der Waals surface area contributed by atoms with Gasteiger partial charge < -0.3 is 25.0 Å². The lowest BCUT2D eigenvalue weighted by atomic mass is 9.94. The topological polar surface area (TPSA) is 79.9 Å². The van der Waals surface area contributed by atoms with Crippen molar-refractivity contribution in [2.24, 2.45) is 5.41 Å². The molecular formula is C19H28ClN3O4. The van der Waals surface area contributed by atoms with Crippen molar-refractivity contribution < 1.29 is 19.1 Å². The first-order valence-corrected chi connectivity index (χ1v) is 9.02. The average molecular weight is 398 g/mol. The number of hydrogen-bond acceptors (Lipinski definition) is 5. The zero-order valence-electron chi connectivity index (χ0n) is 16.2. The van der Waals surface area contributed by atoms with Crippen molar-refractivity contribution in [1.82, 2.24) is 5.32 Å². The number of halogens is 1. The van der Waals surface area contributed by atoms with Crippen LogP contribution in [0.3, 0.4) is 0 Å². The lowest BCUT2D eigenvalue weighted by Crippen LogP contribution is -2.53. The fourth-order valence-corrected chi connectivity index (χ4v) is 3.16. The van der Waals surface area contributed by atoms with Gasteiger partial charge in [-0.3, -0.25) is 9.59 Å². The van der Waals surface area contributed by atoms with E-state index in [1.165, 1.54) is 0 Å². The Bertz CT molecular complexity index is 705. The maximum absolute atomic E-state index is 12.8. The molecule has 1 aromatic carbocycles. The van der Waals surface area contributed by atoms with Crippen LogP contribution in [0.25, 0.3) is 0 Å². The molecule has 0 spiro atoms. The molecule has 2 aliphatic rings. The van der Waals surface area contributed by atoms with E-state index >= 15 is 0 Å². The molecule has 2 amide bonds. The van der Waals surface area contributed by atoms with E-state index in [0.29, 0.717) is 43.4 Å². The number of hydrogen-bond donors (Lipinski definition) is 2. The summed E-state index contributed by atoms with van der Waals surface area (Å²) in [5.74, 6) is 0.531. The summed E-state index contributed by atoms with van der Waals surface area (Å²) < 4.78 is 11.2. The van der Waals surface area contributed by atoms with Crippen LogP contribution in [0.1, 0.15) is 27.7 Å². The van der Waals surface area contributed by atoms with Gasteiger partial charge in [-0.2, -0.15) is 0 Å². The molecule has 0 aromatic heterocycles. The number of fused-ring (bicyclic) bond motifs is 1. The van der Waals surface area contributed by atoms with Gasteiger partial charge in [0.15, 0.2) is 0 Å². The van der Waals surface area contributed by atoms with E-state index in [9.17, 15) is 9.59 Å². The number of ether oxygens (including phenoxy) is 2. The van der Waals surface area contributed by atoms with Crippen LogP contribution in [0.4, 0.5) is 11.4 Å². The Kier molecular flexibility index (Phi) is 6.72. The molecule has 3 rings (SSSR count). The maximum Gasteiger partial charge on any atom is 0.244 e. The molecule has 1 saturated heterocycles. The van der Waals surface area contributed by atoms with Crippen LogP contribution in [-0.4, -0.2) is 50.3 Å². The van der Waals surface area contributed by atoms with E-state index < -0.39 is 11.5 Å². The van der Waals surface area contributed by atoms with Gasteiger partial charge in [-0.05, 0) is 25.1 Å². The number of anilines is 2. The third-order valence-corrected chi connectivity index (χ3v) is 4.58. The standard InChI is InChI=1S/C19H27N3O4.ClH/c1-12-16(20-7-9-25-12)17(23)21-13-5-6-15-14(11-13)22(8-10-26-15)18(24)19(2,3)4;/h5-6,11-12,16,20H,7-10H2,1-4H3,(H,21,23);1H/t12-,16+;/m1./s1. The fraction of sp³-hybridized carbons (Fsp3) is 0.579. The van der Waals surface area contributed by atoms with E-state index in [-0.39, 0.29) is 30.3 Å². The van der Waals surface area contributed by atoms with Crippen LogP contribution in [0, 0.1) is 5.41 Å². The summed E-state index contributed by atoms with van der Waals surface area (Å²) in [5.41, 5.74) is 0.826. The molecule has 27 heavy (non-hydrogen) atoms. The minimum atomic E-state index is -0.493. The fourth-order valence-electron chi connectivity index (χ4n) is 3.16. The Labute approximate surface area is 166 Å². The van der Waals surface area contributed by atoms with Gasteiger partial charge in [-0.15, -0.1) is 12.4 Å². The van der Waals surface area contributed by atoms with Gasteiger partial charge >= 0.3 is 0 Å². The van der Waals surface area contributed by atoms with Crippen LogP contribution in [-0.2, 0) is 14.3 Å². The smallest absolute Gasteiger partial charge is 0.244 e. The van der Waals surface area contributed by atoms with E-state index in [2.05, 4.69) is 10.6 Å². The van der Waals surface area contributed by atoms with Crippen molar-refractivity contribution in [3.8, 4) is 5.75 Å². The van der Waals surface area contributed by atoms with Gasteiger partial charge in [0.1, 0.15) is 18.4 Å². The Morgan fingerprint density at radius 3 is 2.67 bits per heavy atom. The summed E-state index contributed by atoms with van der Waals surface area (Å²) in [4.78, 5) is 27.1. The molecule has 2 N–H and O–H groups in total. The van der Waals surface area contributed by atoms with Crippen LogP contribution in [0.5, 0.6) is 5.75 Å². The molecule has 0 aliphatic carbocycles. The predicted octanol–water partition coefficient (Wildman–Crippen LogP) is 2.20. The highest BCUT2D eigenvalue weighted by molar-refractivity contribution is 6.00. The molecule has 0 bridgehead atoms. The SMILES string of the molecule is C[C@H]1OCCN[C@@H]1C(=O)Nc1ccc2c(c1)N(C(=O)C(C)(C)C)CCO2.Cl. The number of carbonyl (C=O) groups excluding carboxylic acids is 2. The van der Waals surface area contributed by atoms with Crippen molar-refractivity contribution >= 4 is 35.6 Å².